The molecular weight excluding hydrogens is 325 g/mol. The molecule has 0 unspecified atom stereocenters. The zero-order chi connectivity index (χ0) is 17.1. The molecule has 0 N–H and O–H groups in total. The molecule has 3 aromatic carbocycles. The number of rotatable bonds is 4. The molecule has 25 heavy (non-hydrogen) atoms. The van der Waals surface area contributed by atoms with Gasteiger partial charge in [0.15, 0.2) is 0 Å². The second-order valence-electron chi connectivity index (χ2n) is 6.12. The lowest BCUT2D eigenvalue weighted by molar-refractivity contribution is 0.324. The molecule has 4 rings (SSSR count). The van der Waals surface area contributed by atoms with E-state index >= 15 is 0 Å². The topological polar surface area (TPSA) is 21.6 Å². The van der Waals surface area contributed by atoms with Crippen LogP contribution in [-0.2, 0) is 4.74 Å². The molecule has 3 aromatic rings. The normalized spacial score (nSPS) is 16.6. The molecule has 0 bridgehead atoms. The Bertz CT molecular complexity index is 837. The van der Waals surface area contributed by atoms with Crippen molar-refractivity contribution in [3.05, 3.63) is 90.5 Å². The van der Waals surface area contributed by atoms with Gasteiger partial charge < -0.3 is 4.74 Å². The van der Waals surface area contributed by atoms with Crippen molar-refractivity contribution in [3.63, 3.8) is 0 Å². The van der Waals surface area contributed by atoms with Crippen LogP contribution in [0.3, 0.4) is 0 Å². The van der Waals surface area contributed by atoms with Gasteiger partial charge in [0, 0.05) is 5.56 Å². The van der Waals surface area contributed by atoms with Gasteiger partial charge in [-0.2, -0.15) is 0 Å². The van der Waals surface area contributed by atoms with Crippen LogP contribution < -0.4 is 15.9 Å². The Labute approximate surface area is 150 Å². The number of nitrogens with zero attached hydrogens (tertiary/aromatic N) is 1. The molecule has 124 valence electrons. The third-order valence-corrected chi connectivity index (χ3v) is 6.70. The molecule has 0 spiro atoms. The average molecular weight is 345 g/mol. The van der Waals surface area contributed by atoms with E-state index in [4.69, 9.17) is 9.73 Å². The molecule has 1 atom stereocenters. The number of hydrogen-bond donors (Lipinski definition) is 0. The maximum atomic E-state index is 5.87. The van der Waals surface area contributed by atoms with Crippen LogP contribution in [-0.4, -0.2) is 18.5 Å². The van der Waals surface area contributed by atoms with Crippen molar-refractivity contribution in [1.82, 2.24) is 0 Å². The van der Waals surface area contributed by atoms with E-state index in [9.17, 15) is 0 Å². The number of ether oxygens (including phenoxy) is 1. The summed E-state index contributed by atoms with van der Waals surface area (Å²) in [5.74, 6) is 0.780. The highest BCUT2D eigenvalue weighted by molar-refractivity contribution is 7.80. The first-order valence-corrected chi connectivity index (χ1v) is 9.87. The highest BCUT2D eigenvalue weighted by atomic mass is 31.1. The van der Waals surface area contributed by atoms with Crippen LogP contribution in [0.5, 0.6) is 0 Å². The summed E-state index contributed by atoms with van der Waals surface area (Å²) >= 11 is 0. The number of hydrogen-bond acceptors (Lipinski definition) is 2. The van der Waals surface area contributed by atoms with Crippen molar-refractivity contribution >= 4 is 29.7 Å². The molecular formula is C22H20NOP. The van der Waals surface area contributed by atoms with Gasteiger partial charge in [0.25, 0.3) is 0 Å². The SMILES string of the molecule is C[C@@H]1COC(c2ccccc2P(c2ccccc2)c2ccccc2)=N1. The van der Waals surface area contributed by atoms with Crippen molar-refractivity contribution in [2.75, 3.05) is 6.61 Å². The van der Waals surface area contributed by atoms with E-state index in [1.165, 1.54) is 15.9 Å². The third-order valence-electron chi connectivity index (χ3n) is 4.20. The summed E-state index contributed by atoms with van der Waals surface area (Å²) < 4.78 is 5.87. The molecule has 0 saturated carbocycles. The van der Waals surface area contributed by atoms with Crippen molar-refractivity contribution < 1.29 is 4.74 Å². The molecule has 0 amide bonds. The van der Waals surface area contributed by atoms with E-state index in [0.29, 0.717) is 6.61 Å². The van der Waals surface area contributed by atoms with Gasteiger partial charge in [0.05, 0.1) is 6.04 Å². The van der Waals surface area contributed by atoms with Gasteiger partial charge in [-0.25, -0.2) is 4.99 Å². The molecule has 0 fully saturated rings. The van der Waals surface area contributed by atoms with Gasteiger partial charge in [0.1, 0.15) is 6.61 Å². The maximum absolute atomic E-state index is 5.87. The van der Waals surface area contributed by atoms with Crippen LogP contribution >= 0.6 is 7.92 Å². The Hall–Kier alpha value is -2.44. The maximum Gasteiger partial charge on any atom is 0.217 e. The standard InChI is InChI=1S/C22H20NOP/c1-17-16-24-22(23-17)20-14-8-9-15-21(20)25(18-10-4-2-5-11-18)19-12-6-3-7-13-19/h2-15,17H,16H2,1H3/t17-/m1/s1. The van der Waals surface area contributed by atoms with Crippen molar-refractivity contribution in [1.29, 1.82) is 0 Å². The number of aliphatic imine (C=N–C) groups is 1. The van der Waals surface area contributed by atoms with Gasteiger partial charge in [-0.1, -0.05) is 78.9 Å². The Balaban J connectivity index is 1.88. The first-order valence-electron chi connectivity index (χ1n) is 8.53. The van der Waals surface area contributed by atoms with Gasteiger partial charge in [0.2, 0.25) is 5.90 Å². The monoisotopic (exact) mass is 345 g/mol. The minimum absolute atomic E-state index is 0.225. The van der Waals surface area contributed by atoms with Crippen LogP contribution in [0.4, 0.5) is 0 Å². The number of benzene rings is 3. The molecule has 1 aliphatic heterocycles. The quantitative estimate of drug-likeness (QED) is 0.662. The average Bonchev–Trinajstić information content (AvgIpc) is 3.10. The highest BCUT2D eigenvalue weighted by Crippen LogP contribution is 2.34. The zero-order valence-electron chi connectivity index (χ0n) is 14.2. The first kappa shape index (κ1) is 16.1. The van der Waals surface area contributed by atoms with Crippen LogP contribution in [0.1, 0.15) is 12.5 Å². The lowest BCUT2D eigenvalue weighted by Crippen LogP contribution is -2.25. The second-order valence-corrected chi connectivity index (χ2v) is 8.30. The summed E-state index contributed by atoms with van der Waals surface area (Å²) in [6, 6.07) is 30.2. The molecule has 0 aliphatic carbocycles. The van der Waals surface area contributed by atoms with E-state index in [-0.39, 0.29) is 6.04 Å². The van der Waals surface area contributed by atoms with E-state index in [2.05, 4.69) is 91.9 Å². The lowest BCUT2D eigenvalue weighted by atomic mass is 10.2. The molecule has 0 saturated heterocycles. The minimum Gasteiger partial charge on any atom is -0.475 e. The summed E-state index contributed by atoms with van der Waals surface area (Å²) in [4.78, 5) is 4.69. The molecule has 3 heteroatoms. The molecule has 0 aromatic heterocycles. The van der Waals surface area contributed by atoms with Gasteiger partial charge >= 0.3 is 0 Å². The predicted octanol–water partition coefficient (Wildman–Crippen LogP) is 3.61. The van der Waals surface area contributed by atoms with Gasteiger partial charge in [-0.15, -0.1) is 0 Å². The molecule has 2 nitrogen and oxygen atoms in total. The van der Waals surface area contributed by atoms with E-state index in [1.54, 1.807) is 0 Å². The zero-order valence-corrected chi connectivity index (χ0v) is 15.1. The fourth-order valence-electron chi connectivity index (χ4n) is 3.05. The predicted molar refractivity (Wildman–Crippen MR) is 107 cm³/mol. The molecule has 1 heterocycles. The first-order chi connectivity index (χ1) is 12.3. The van der Waals surface area contributed by atoms with Crippen LogP contribution in [0.15, 0.2) is 89.9 Å². The highest BCUT2D eigenvalue weighted by Gasteiger charge is 2.24. The summed E-state index contributed by atoms with van der Waals surface area (Å²) in [6.07, 6.45) is 0. The van der Waals surface area contributed by atoms with Gasteiger partial charge in [-0.05, 0) is 36.8 Å². The summed E-state index contributed by atoms with van der Waals surface area (Å²) in [5.41, 5.74) is 1.12. The Morgan fingerprint density at radius 3 is 1.92 bits per heavy atom. The summed E-state index contributed by atoms with van der Waals surface area (Å²) in [6.45, 7) is 2.76. The fraction of sp³-hybridized carbons (Fsp3) is 0.136. The van der Waals surface area contributed by atoms with Crippen LogP contribution in [0.2, 0.25) is 0 Å². The molecule has 0 radical (unpaired) electrons. The molecule has 1 aliphatic rings. The Morgan fingerprint density at radius 1 is 0.800 bits per heavy atom. The minimum atomic E-state index is -0.658. The Morgan fingerprint density at radius 2 is 1.36 bits per heavy atom. The van der Waals surface area contributed by atoms with Crippen LogP contribution in [0, 0.1) is 0 Å². The summed E-state index contributed by atoms with van der Waals surface area (Å²) in [7, 11) is -0.658. The smallest absolute Gasteiger partial charge is 0.217 e. The van der Waals surface area contributed by atoms with Crippen LogP contribution in [0.25, 0.3) is 0 Å². The van der Waals surface area contributed by atoms with Crippen molar-refractivity contribution in [2.45, 2.75) is 13.0 Å². The largest absolute Gasteiger partial charge is 0.475 e. The van der Waals surface area contributed by atoms with Crippen molar-refractivity contribution in [2.24, 2.45) is 4.99 Å². The van der Waals surface area contributed by atoms with E-state index in [0.717, 1.165) is 11.5 Å². The van der Waals surface area contributed by atoms with E-state index in [1.807, 2.05) is 0 Å². The van der Waals surface area contributed by atoms with E-state index < -0.39 is 7.92 Å². The second kappa shape index (κ2) is 7.21. The lowest BCUT2D eigenvalue weighted by Gasteiger charge is -2.22. The Kier molecular flexibility index (Phi) is 4.63. The fourth-order valence-corrected chi connectivity index (χ4v) is 5.49. The third kappa shape index (κ3) is 3.36. The van der Waals surface area contributed by atoms with Gasteiger partial charge in [-0.3, -0.25) is 0 Å². The summed E-state index contributed by atoms with van der Waals surface area (Å²) in [5, 5.41) is 3.97. The van der Waals surface area contributed by atoms with Crippen molar-refractivity contribution in [3.8, 4) is 0 Å².